The third-order valence-corrected chi connectivity index (χ3v) is 4.95. The van der Waals surface area contributed by atoms with Crippen molar-refractivity contribution in [2.75, 3.05) is 0 Å². The quantitative estimate of drug-likeness (QED) is 0.155. The first kappa shape index (κ1) is 24.9. The fraction of sp³-hybridized carbons (Fsp3) is 0.200. The summed E-state index contributed by atoms with van der Waals surface area (Å²) in [6.07, 6.45) is 0.349. The Kier molecular flexibility index (Phi) is 7.34. The lowest BCUT2D eigenvalue weighted by atomic mass is 9.87. The molecule has 3 rings (SSSR count). The topological polar surface area (TPSA) is 50.7 Å². The molecule has 34 heavy (non-hydrogen) atoms. The number of hydrazone groups is 1. The molecule has 0 saturated carbocycles. The van der Waals surface area contributed by atoms with Crippen molar-refractivity contribution < 1.29 is 31.5 Å². The molecule has 3 aromatic carbocycles. The molecule has 9 heteroatoms. The third kappa shape index (κ3) is 5.59. The molecule has 0 aliphatic heterocycles. The van der Waals surface area contributed by atoms with Gasteiger partial charge in [-0.1, -0.05) is 45.0 Å². The first-order valence-electron chi connectivity index (χ1n) is 10.2. The molecule has 4 nitrogen and oxygen atoms in total. The van der Waals surface area contributed by atoms with Gasteiger partial charge in [0.05, 0.1) is 11.8 Å². The van der Waals surface area contributed by atoms with Crippen molar-refractivity contribution in [2.24, 2.45) is 5.10 Å². The Hall–Kier alpha value is -3.75. The largest absolute Gasteiger partial charge is 0.489 e. The van der Waals surface area contributed by atoms with Crippen LogP contribution in [0.15, 0.2) is 53.6 Å². The van der Waals surface area contributed by atoms with Gasteiger partial charge in [-0.25, -0.2) is 27.4 Å². The predicted molar refractivity (Wildman–Crippen MR) is 117 cm³/mol. The van der Waals surface area contributed by atoms with Crippen molar-refractivity contribution in [3.63, 3.8) is 0 Å². The average Bonchev–Trinajstić information content (AvgIpc) is 2.82. The molecule has 1 N–H and O–H groups in total. The molecular weight excluding hydrogens is 455 g/mol. The summed E-state index contributed by atoms with van der Waals surface area (Å²) in [4.78, 5) is 12.1. The predicted octanol–water partition coefficient (Wildman–Crippen LogP) is 6.02. The highest BCUT2D eigenvalue weighted by Gasteiger charge is 2.24. The Bertz CT molecular complexity index is 1190. The van der Waals surface area contributed by atoms with E-state index in [0.717, 1.165) is 5.56 Å². The number of ether oxygens (including phenoxy) is 1. The van der Waals surface area contributed by atoms with Crippen LogP contribution in [0.1, 0.15) is 47.8 Å². The lowest BCUT2D eigenvalue weighted by Crippen LogP contribution is -2.18. The molecule has 0 heterocycles. The smallest absolute Gasteiger partial charge is 0.271 e. The zero-order valence-corrected chi connectivity index (χ0v) is 18.6. The van der Waals surface area contributed by atoms with Crippen LogP contribution in [0.25, 0.3) is 0 Å². The van der Waals surface area contributed by atoms with Gasteiger partial charge in [0.25, 0.3) is 5.91 Å². The maximum atomic E-state index is 13.6. The van der Waals surface area contributed by atoms with Gasteiger partial charge in [-0.05, 0) is 40.8 Å². The average molecular weight is 476 g/mol. The summed E-state index contributed by atoms with van der Waals surface area (Å²) in [6, 6.07) is 14.0. The fourth-order valence-electron chi connectivity index (χ4n) is 2.93. The summed E-state index contributed by atoms with van der Waals surface area (Å²) >= 11 is 0. The molecule has 178 valence electrons. The van der Waals surface area contributed by atoms with Crippen LogP contribution in [0.4, 0.5) is 22.0 Å². The second kappa shape index (κ2) is 10.0. The van der Waals surface area contributed by atoms with Crippen LogP contribution in [0.5, 0.6) is 5.75 Å². The van der Waals surface area contributed by atoms with Crippen LogP contribution in [0.2, 0.25) is 0 Å². The summed E-state index contributed by atoms with van der Waals surface area (Å²) in [5, 5.41) is 3.29. The van der Waals surface area contributed by atoms with E-state index in [1.54, 1.807) is 12.1 Å². The summed E-state index contributed by atoms with van der Waals surface area (Å²) in [5.74, 6) is -10.6. The lowest BCUT2D eigenvalue weighted by molar-refractivity contribution is 0.0955. The molecule has 0 bridgehead atoms. The van der Waals surface area contributed by atoms with Crippen LogP contribution < -0.4 is 10.2 Å². The van der Waals surface area contributed by atoms with E-state index in [-0.39, 0.29) is 17.6 Å². The minimum atomic E-state index is -2.28. The maximum absolute atomic E-state index is 13.6. The Morgan fingerprint density at radius 1 is 0.853 bits per heavy atom. The van der Waals surface area contributed by atoms with E-state index >= 15 is 0 Å². The molecule has 1 amide bonds. The fourth-order valence-corrected chi connectivity index (χ4v) is 2.93. The summed E-state index contributed by atoms with van der Waals surface area (Å²) in [6.45, 7) is 6.61. The van der Waals surface area contributed by atoms with E-state index in [0.29, 0.717) is 12.0 Å². The van der Waals surface area contributed by atoms with E-state index in [4.69, 9.17) is 4.74 Å². The number of amides is 1. The van der Waals surface area contributed by atoms with Gasteiger partial charge in [0, 0.05) is 5.56 Å². The minimum absolute atomic E-state index is 0.0344. The number of carbonyl (C=O) groups is 1. The number of halogens is 5. The standard InChI is InChI=1S/C25H21F5N2O2/c1-25(2,3)16-8-10-17(11-9-16)34-13-14-4-6-15(7-5-14)24(33)32-31-12-18-19(26)21(28)23(30)22(29)20(18)27/h4-12H,13H2,1-3H3,(H,32,33). The first-order chi connectivity index (χ1) is 16.0. The number of nitrogens with zero attached hydrogens (tertiary/aromatic N) is 1. The summed E-state index contributed by atoms with van der Waals surface area (Å²) in [7, 11) is 0. The van der Waals surface area contributed by atoms with Crippen molar-refractivity contribution in [3.8, 4) is 5.75 Å². The molecule has 0 aliphatic carbocycles. The van der Waals surface area contributed by atoms with Gasteiger partial charge in [0.15, 0.2) is 23.3 Å². The Morgan fingerprint density at radius 3 is 1.91 bits per heavy atom. The Balaban J connectivity index is 1.59. The zero-order chi connectivity index (χ0) is 25.0. The van der Waals surface area contributed by atoms with Crippen molar-refractivity contribution in [1.82, 2.24) is 5.43 Å². The van der Waals surface area contributed by atoms with Crippen LogP contribution >= 0.6 is 0 Å². The Labute approximate surface area is 193 Å². The first-order valence-corrected chi connectivity index (χ1v) is 10.2. The van der Waals surface area contributed by atoms with Gasteiger partial charge in [0.1, 0.15) is 12.4 Å². The number of benzene rings is 3. The number of hydrogen-bond acceptors (Lipinski definition) is 3. The van der Waals surface area contributed by atoms with E-state index in [1.807, 2.05) is 29.7 Å². The highest BCUT2D eigenvalue weighted by Crippen LogP contribution is 2.25. The van der Waals surface area contributed by atoms with Crippen molar-refractivity contribution >= 4 is 12.1 Å². The van der Waals surface area contributed by atoms with Gasteiger partial charge < -0.3 is 4.74 Å². The highest BCUT2D eigenvalue weighted by atomic mass is 19.2. The molecule has 0 atom stereocenters. The van der Waals surface area contributed by atoms with Crippen LogP contribution in [0.3, 0.4) is 0 Å². The molecule has 0 unspecified atom stereocenters. The van der Waals surface area contributed by atoms with E-state index in [1.165, 1.54) is 17.7 Å². The summed E-state index contributed by atoms with van der Waals surface area (Å²) < 4.78 is 72.5. The lowest BCUT2D eigenvalue weighted by Gasteiger charge is -2.19. The maximum Gasteiger partial charge on any atom is 0.271 e. The molecule has 0 radical (unpaired) electrons. The van der Waals surface area contributed by atoms with Crippen LogP contribution in [0, 0.1) is 29.1 Å². The SMILES string of the molecule is CC(C)(C)c1ccc(OCc2ccc(C(=O)NN=Cc3c(F)c(F)c(F)c(F)c3F)cc2)cc1. The van der Waals surface area contributed by atoms with Gasteiger partial charge in [-0.3, -0.25) is 4.79 Å². The van der Waals surface area contributed by atoms with Gasteiger partial charge in [0.2, 0.25) is 5.82 Å². The number of rotatable bonds is 6. The van der Waals surface area contributed by atoms with Gasteiger partial charge in [-0.15, -0.1) is 0 Å². The van der Waals surface area contributed by atoms with Gasteiger partial charge in [-0.2, -0.15) is 5.10 Å². The monoisotopic (exact) mass is 476 g/mol. The van der Waals surface area contributed by atoms with E-state index < -0.39 is 40.6 Å². The van der Waals surface area contributed by atoms with Crippen molar-refractivity contribution in [2.45, 2.75) is 32.8 Å². The second-order valence-corrected chi connectivity index (χ2v) is 8.44. The van der Waals surface area contributed by atoms with Crippen LogP contribution in [-0.2, 0) is 12.0 Å². The molecule has 0 aromatic heterocycles. The normalized spacial score (nSPS) is 11.6. The number of carbonyl (C=O) groups excluding carboxylic acids is 1. The molecule has 0 saturated heterocycles. The van der Waals surface area contributed by atoms with Crippen LogP contribution in [-0.4, -0.2) is 12.1 Å². The second-order valence-electron chi connectivity index (χ2n) is 8.44. The molecule has 0 fully saturated rings. The number of hydrogen-bond donors (Lipinski definition) is 1. The zero-order valence-electron chi connectivity index (χ0n) is 18.6. The summed E-state index contributed by atoms with van der Waals surface area (Å²) in [5.41, 5.74) is 2.87. The molecule has 0 spiro atoms. The van der Waals surface area contributed by atoms with Crippen molar-refractivity contribution in [1.29, 1.82) is 0 Å². The van der Waals surface area contributed by atoms with E-state index in [2.05, 4.69) is 25.9 Å². The highest BCUT2D eigenvalue weighted by molar-refractivity contribution is 5.94. The minimum Gasteiger partial charge on any atom is -0.489 e. The Morgan fingerprint density at radius 2 is 1.38 bits per heavy atom. The molecular formula is C25H21F5N2O2. The number of nitrogens with one attached hydrogen (secondary N) is 1. The van der Waals surface area contributed by atoms with Crippen molar-refractivity contribution in [3.05, 3.63) is 99.9 Å². The molecule has 0 aliphatic rings. The van der Waals surface area contributed by atoms with E-state index in [9.17, 15) is 26.7 Å². The van der Waals surface area contributed by atoms with Gasteiger partial charge >= 0.3 is 0 Å². The third-order valence-electron chi connectivity index (χ3n) is 4.95. The molecule has 3 aromatic rings.